The van der Waals surface area contributed by atoms with Crippen molar-refractivity contribution in [3.05, 3.63) is 72.9 Å². The maximum absolute atomic E-state index is 10.4. The lowest BCUT2D eigenvalue weighted by Gasteiger charge is -2.04. The van der Waals surface area contributed by atoms with E-state index in [9.17, 15) is 9.90 Å². The summed E-state index contributed by atoms with van der Waals surface area (Å²) in [5.41, 5.74) is 0. The van der Waals surface area contributed by atoms with E-state index in [0.717, 1.165) is 12.8 Å². The number of allylic oxidation sites excluding steroid dienone is 8. The molecule has 0 spiro atoms. The molecule has 5 nitrogen and oxygen atoms in total. The van der Waals surface area contributed by atoms with Crippen LogP contribution in [0, 0.1) is 0 Å². The maximum Gasteiger partial charge on any atom is 0.303 e. The van der Waals surface area contributed by atoms with Gasteiger partial charge in [-0.2, -0.15) is 0 Å². The molecule has 0 aliphatic carbocycles. The average Bonchev–Trinajstić information content (AvgIpc) is 2.64. The van der Waals surface area contributed by atoms with Gasteiger partial charge in [-0.15, -0.1) is 0 Å². The fourth-order valence-electron chi connectivity index (χ4n) is 1.97. The van der Waals surface area contributed by atoms with Gasteiger partial charge < -0.3 is 10.2 Å². The van der Waals surface area contributed by atoms with E-state index in [1.165, 1.54) is 0 Å². The van der Waals surface area contributed by atoms with Crippen molar-refractivity contribution in [1.29, 1.82) is 0 Å². The second-order valence-corrected chi connectivity index (χ2v) is 5.83. The van der Waals surface area contributed by atoms with Crippen molar-refractivity contribution >= 4 is 5.97 Å². The van der Waals surface area contributed by atoms with E-state index in [4.69, 9.17) is 10.4 Å². The minimum absolute atomic E-state index is 0.0945. The van der Waals surface area contributed by atoms with E-state index >= 15 is 0 Å². The third kappa shape index (κ3) is 18.4. The van der Waals surface area contributed by atoms with Gasteiger partial charge in [0.15, 0.2) is 0 Å². The van der Waals surface area contributed by atoms with E-state index in [0.29, 0.717) is 19.3 Å². The number of aliphatic hydroxyl groups excluding tert-OH is 1. The van der Waals surface area contributed by atoms with Crippen LogP contribution in [-0.2, 0) is 9.68 Å². The van der Waals surface area contributed by atoms with Gasteiger partial charge in [0.2, 0.25) is 0 Å². The highest BCUT2D eigenvalue weighted by atomic mass is 17.1. The summed E-state index contributed by atoms with van der Waals surface area (Å²) in [6.07, 6.45) is 24.8. The van der Waals surface area contributed by atoms with Crippen LogP contribution in [0.15, 0.2) is 72.9 Å². The zero-order valence-electron chi connectivity index (χ0n) is 16.0. The quantitative estimate of drug-likeness (QED) is 0.162. The number of carboxylic acid groups (broad SMARTS) is 1. The molecule has 0 saturated carbocycles. The van der Waals surface area contributed by atoms with Gasteiger partial charge in [0.1, 0.15) is 6.10 Å². The zero-order chi connectivity index (χ0) is 20.2. The predicted molar refractivity (Wildman–Crippen MR) is 109 cm³/mol. The second-order valence-electron chi connectivity index (χ2n) is 5.83. The number of carbonyl (C=O) groups is 1. The van der Waals surface area contributed by atoms with Crippen molar-refractivity contribution < 1.29 is 25.2 Å². The summed E-state index contributed by atoms with van der Waals surface area (Å²) < 4.78 is 0. The molecule has 0 amide bonds. The Morgan fingerprint density at radius 2 is 1.59 bits per heavy atom. The predicted octanol–water partition coefficient (Wildman–Crippen LogP) is 4.99. The molecule has 0 aliphatic rings. The average molecular weight is 376 g/mol. The number of carboxylic acids is 1. The Kier molecular flexibility index (Phi) is 17.1. The van der Waals surface area contributed by atoms with Crippen LogP contribution in [0.3, 0.4) is 0 Å². The smallest absolute Gasteiger partial charge is 0.303 e. The number of aliphatic hydroxyl groups is 1. The third-order valence-corrected chi connectivity index (χ3v) is 3.40. The first-order valence-electron chi connectivity index (χ1n) is 9.26. The van der Waals surface area contributed by atoms with Gasteiger partial charge in [-0.05, 0) is 32.1 Å². The van der Waals surface area contributed by atoms with Gasteiger partial charge in [0.05, 0.1) is 6.10 Å². The summed E-state index contributed by atoms with van der Waals surface area (Å²) in [6, 6.07) is 0. The van der Waals surface area contributed by atoms with Crippen LogP contribution in [0.1, 0.15) is 45.4 Å². The SMILES string of the molecule is CC/C=C\CC(O)/C=C/C=C\C/C=C\C=C\C(C/C=C\CCC(=O)O)OO. The van der Waals surface area contributed by atoms with E-state index in [-0.39, 0.29) is 6.42 Å². The van der Waals surface area contributed by atoms with E-state index in [2.05, 4.69) is 11.8 Å². The summed E-state index contributed by atoms with van der Waals surface area (Å²) >= 11 is 0. The number of rotatable bonds is 15. The maximum atomic E-state index is 10.4. The van der Waals surface area contributed by atoms with Crippen LogP contribution >= 0.6 is 0 Å². The molecule has 150 valence electrons. The van der Waals surface area contributed by atoms with Gasteiger partial charge in [-0.1, -0.05) is 79.8 Å². The van der Waals surface area contributed by atoms with Crippen molar-refractivity contribution in [3.8, 4) is 0 Å². The van der Waals surface area contributed by atoms with Crippen LogP contribution in [0.25, 0.3) is 0 Å². The second kappa shape index (κ2) is 18.6. The Morgan fingerprint density at radius 1 is 0.926 bits per heavy atom. The van der Waals surface area contributed by atoms with Gasteiger partial charge in [0.25, 0.3) is 0 Å². The van der Waals surface area contributed by atoms with Crippen molar-refractivity contribution in [2.24, 2.45) is 0 Å². The molecule has 0 rings (SSSR count). The molecule has 0 aromatic carbocycles. The highest BCUT2D eigenvalue weighted by Gasteiger charge is 2.00. The lowest BCUT2D eigenvalue weighted by molar-refractivity contribution is -0.264. The Hall–Kier alpha value is -2.21. The molecule has 0 aromatic rings. The van der Waals surface area contributed by atoms with Gasteiger partial charge in [-0.25, -0.2) is 4.89 Å². The standard InChI is InChI=1S/C22H32O5/c1-2-3-10-15-20(23)16-11-7-5-4-6-8-12-17-21(27-26)18-13-9-14-19-22(24)25/h3,5-13,16-17,20-21,23,26H,2,4,14-15,18-19H2,1H3,(H,24,25)/b7-5-,8-6-,10-3-,13-9-,16-11+,17-12+. The van der Waals surface area contributed by atoms with Gasteiger partial charge in [0, 0.05) is 6.42 Å². The molecule has 0 fully saturated rings. The van der Waals surface area contributed by atoms with Crippen LogP contribution in [0.5, 0.6) is 0 Å². The van der Waals surface area contributed by atoms with Crippen molar-refractivity contribution in [1.82, 2.24) is 0 Å². The first kappa shape index (κ1) is 24.8. The fraction of sp³-hybridized carbons (Fsp3) is 0.409. The molecule has 2 unspecified atom stereocenters. The first-order chi connectivity index (χ1) is 13.1. The van der Waals surface area contributed by atoms with Crippen LogP contribution in [0.4, 0.5) is 0 Å². The molecule has 27 heavy (non-hydrogen) atoms. The van der Waals surface area contributed by atoms with Crippen molar-refractivity contribution in [3.63, 3.8) is 0 Å². The number of hydrogen-bond donors (Lipinski definition) is 3. The Labute approximate surface area is 162 Å². The summed E-state index contributed by atoms with van der Waals surface area (Å²) in [4.78, 5) is 14.7. The molecule has 0 saturated heterocycles. The molecule has 2 atom stereocenters. The third-order valence-electron chi connectivity index (χ3n) is 3.40. The summed E-state index contributed by atoms with van der Waals surface area (Å²) in [5, 5.41) is 27.0. The Morgan fingerprint density at radius 3 is 2.22 bits per heavy atom. The molecule has 3 N–H and O–H groups in total. The fourth-order valence-corrected chi connectivity index (χ4v) is 1.97. The number of aliphatic carboxylic acids is 1. The van der Waals surface area contributed by atoms with Crippen LogP contribution in [0.2, 0.25) is 0 Å². The monoisotopic (exact) mass is 376 g/mol. The van der Waals surface area contributed by atoms with E-state index in [1.807, 2.05) is 42.5 Å². The Bertz CT molecular complexity index is 541. The molecule has 0 aliphatic heterocycles. The van der Waals surface area contributed by atoms with Gasteiger partial charge >= 0.3 is 5.97 Å². The molecule has 0 heterocycles. The van der Waals surface area contributed by atoms with Gasteiger partial charge in [-0.3, -0.25) is 10.1 Å². The molecular weight excluding hydrogens is 344 g/mol. The van der Waals surface area contributed by atoms with E-state index < -0.39 is 18.2 Å². The zero-order valence-corrected chi connectivity index (χ0v) is 16.0. The highest BCUT2D eigenvalue weighted by molar-refractivity contribution is 5.66. The van der Waals surface area contributed by atoms with Crippen LogP contribution in [-0.4, -0.2) is 33.6 Å². The lowest BCUT2D eigenvalue weighted by Crippen LogP contribution is -2.05. The molecule has 0 aromatic heterocycles. The largest absolute Gasteiger partial charge is 0.481 e. The van der Waals surface area contributed by atoms with Crippen molar-refractivity contribution in [2.75, 3.05) is 0 Å². The normalized spacial score (nSPS) is 15.4. The van der Waals surface area contributed by atoms with Crippen molar-refractivity contribution in [2.45, 2.75) is 57.7 Å². The molecule has 5 heteroatoms. The Balaban J connectivity index is 4.00. The number of hydrogen-bond acceptors (Lipinski definition) is 4. The minimum Gasteiger partial charge on any atom is -0.481 e. The first-order valence-corrected chi connectivity index (χ1v) is 9.26. The topological polar surface area (TPSA) is 87.0 Å². The highest BCUT2D eigenvalue weighted by Crippen LogP contribution is 2.03. The van der Waals surface area contributed by atoms with Crippen LogP contribution < -0.4 is 0 Å². The summed E-state index contributed by atoms with van der Waals surface area (Å²) in [7, 11) is 0. The lowest BCUT2D eigenvalue weighted by atomic mass is 10.2. The molecular formula is C22H32O5. The molecule has 0 bridgehead atoms. The summed E-state index contributed by atoms with van der Waals surface area (Å²) in [6.45, 7) is 2.06. The minimum atomic E-state index is -0.829. The summed E-state index contributed by atoms with van der Waals surface area (Å²) in [5.74, 6) is -0.829. The van der Waals surface area contributed by atoms with E-state index in [1.54, 1.807) is 30.4 Å². The molecule has 0 radical (unpaired) electrons.